The molecule has 0 amide bonds. The lowest BCUT2D eigenvalue weighted by Gasteiger charge is -2.17. The van der Waals surface area contributed by atoms with Gasteiger partial charge in [0.05, 0.1) is 5.02 Å². The van der Waals surface area contributed by atoms with E-state index in [0.717, 1.165) is 29.9 Å². The quantitative estimate of drug-likeness (QED) is 0.659. The molecule has 6 nitrogen and oxygen atoms in total. The fourth-order valence-corrected chi connectivity index (χ4v) is 3.70. The minimum atomic E-state index is 0.329. The maximum Gasteiger partial charge on any atom is 0.222 e. The molecule has 0 saturated carbocycles. The van der Waals surface area contributed by atoms with Gasteiger partial charge in [0.2, 0.25) is 5.95 Å². The molecule has 0 fully saturated rings. The standard InChI is InChI=1S/C21H23ClN6/c1-28(2)19-6-4-3-5-15(19)11-27-21-25-9-14(10-26-21)7-16-12-23-20-18(16)8-17(22)13-24-20/h3-6,8-10,13,16H,7,11-12H2,1-2H3,(H,23,24)(H,25,26,27). The molecule has 0 bridgehead atoms. The van der Waals surface area contributed by atoms with Crippen LogP contribution in [-0.2, 0) is 13.0 Å². The van der Waals surface area contributed by atoms with Crippen LogP contribution in [0.3, 0.4) is 0 Å². The Morgan fingerprint density at radius 1 is 1.14 bits per heavy atom. The maximum atomic E-state index is 6.10. The van der Waals surface area contributed by atoms with Crippen LogP contribution in [0.4, 0.5) is 17.5 Å². The zero-order chi connectivity index (χ0) is 19.5. The van der Waals surface area contributed by atoms with Gasteiger partial charge in [0.1, 0.15) is 5.82 Å². The molecule has 3 aromatic rings. The Hall–Kier alpha value is -2.86. The average Bonchev–Trinajstić information content (AvgIpc) is 3.09. The molecule has 0 saturated heterocycles. The average molecular weight is 395 g/mol. The van der Waals surface area contributed by atoms with Crippen molar-refractivity contribution >= 4 is 29.1 Å². The number of aromatic nitrogens is 3. The zero-order valence-electron chi connectivity index (χ0n) is 16.0. The topological polar surface area (TPSA) is 66.0 Å². The van der Waals surface area contributed by atoms with E-state index in [4.69, 9.17) is 11.6 Å². The van der Waals surface area contributed by atoms with E-state index in [-0.39, 0.29) is 0 Å². The molecule has 3 heterocycles. The molecule has 0 aliphatic carbocycles. The first kappa shape index (κ1) is 18.5. The number of nitrogens with zero attached hydrogens (tertiary/aromatic N) is 4. The zero-order valence-corrected chi connectivity index (χ0v) is 16.7. The van der Waals surface area contributed by atoms with Crippen molar-refractivity contribution < 1.29 is 0 Å². The summed E-state index contributed by atoms with van der Waals surface area (Å²) in [5.41, 5.74) is 4.65. The van der Waals surface area contributed by atoms with Crippen molar-refractivity contribution in [2.45, 2.75) is 18.9 Å². The molecule has 1 aromatic carbocycles. The molecular weight excluding hydrogens is 372 g/mol. The van der Waals surface area contributed by atoms with Gasteiger partial charge in [-0.05, 0) is 29.7 Å². The summed E-state index contributed by atoms with van der Waals surface area (Å²) in [4.78, 5) is 15.4. The van der Waals surface area contributed by atoms with Gasteiger partial charge in [-0.25, -0.2) is 15.0 Å². The predicted molar refractivity (Wildman–Crippen MR) is 114 cm³/mol. The highest BCUT2D eigenvalue weighted by molar-refractivity contribution is 6.30. The van der Waals surface area contributed by atoms with Gasteiger partial charge >= 0.3 is 0 Å². The van der Waals surface area contributed by atoms with Gasteiger partial charge in [0, 0.05) is 62.9 Å². The van der Waals surface area contributed by atoms with E-state index >= 15 is 0 Å². The fourth-order valence-electron chi connectivity index (χ4n) is 3.53. The molecule has 144 valence electrons. The number of anilines is 3. The van der Waals surface area contributed by atoms with Crippen LogP contribution in [0.15, 0.2) is 48.9 Å². The van der Waals surface area contributed by atoms with E-state index in [9.17, 15) is 0 Å². The minimum absolute atomic E-state index is 0.329. The molecule has 1 unspecified atom stereocenters. The summed E-state index contributed by atoms with van der Waals surface area (Å²) in [6.45, 7) is 1.53. The number of halogens is 1. The van der Waals surface area contributed by atoms with E-state index in [1.807, 2.05) is 44.7 Å². The second-order valence-electron chi connectivity index (χ2n) is 7.16. The number of rotatable bonds is 6. The molecule has 2 N–H and O–H groups in total. The summed E-state index contributed by atoms with van der Waals surface area (Å²) in [7, 11) is 4.09. The first-order valence-electron chi connectivity index (χ1n) is 9.29. The van der Waals surface area contributed by atoms with Gasteiger partial charge in [-0.2, -0.15) is 0 Å². The maximum absolute atomic E-state index is 6.10. The Morgan fingerprint density at radius 2 is 1.93 bits per heavy atom. The lowest BCUT2D eigenvalue weighted by atomic mass is 9.96. The molecule has 1 atom stereocenters. The van der Waals surface area contributed by atoms with Gasteiger partial charge in [0.25, 0.3) is 0 Å². The van der Waals surface area contributed by atoms with E-state index in [0.29, 0.717) is 23.4 Å². The number of para-hydroxylation sites is 1. The van der Waals surface area contributed by atoms with Gasteiger partial charge in [0.15, 0.2) is 0 Å². The van der Waals surface area contributed by atoms with E-state index < -0.39 is 0 Å². The monoisotopic (exact) mass is 394 g/mol. The Morgan fingerprint density at radius 3 is 2.71 bits per heavy atom. The van der Waals surface area contributed by atoms with Crippen LogP contribution in [0.2, 0.25) is 5.02 Å². The van der Waals surface area contributed by atoms with Crippen LogP contribution in [0.1, 0.15) is 22.6 Å². The number of pyridine rings is 1. The summed E-state index contributed by atoms with van der Waals surface area (Å²) >= 11 is 6.10. The molecule has 28 heavy (non-hydrogen) atoms. The van der Waals surface area contributed by atoms with Gasteiger partial charge in [-0.3, -0.25) is 0 Å². The van der Waals surface area contributed by atoms with Crippen molar-refractivity contribution in [2.75, 3.05) is 36.2 Å². The summed E-state index contributed by atoms with van der Waals surface area (Å²) in [6.07, 6.45) is 6.31. The Labute approximate surface area is 170 Å². The molecule has 0 spiro atoms. The third-order valence-corrected chi connectivity index (χ3v) is 5.14. The lowest BCUT2D eigenvalue weighted by molar-refractivity contribution is 0.745. The summed E-state index contributed by atoms with van der Waals surface area (Å²) in [5, 5.41) is 7.31. The van der Waals surface area contributed by atoms with Gasteiger partial charge in [-0.1, -0.05) is 29.8 Å². The number of benzene rings is 1. The number of hydrogen-bond donors (Lipinski definition) is 2. The van der Waals surface area contributed by atoms with Crippen molar-refractivity contribution in [1.82, 2.24) is 15.0 Å². The van der Waals surface area contributed by atoms with Crippen LogP contribution in [0, 0.1) is 0 Å². The molecule has 4 rings (SSSR count). The van der Waals surface area contributed by atoms with E-state index in [1.54, 1.807) is 6.20 Å². The Bertz CT molecular complexity index is 957. The number of nitrogens with one attached hydrogen (secondary N) is 2. The van der Waals surface area contributed by atoms with Crippen molar-refractivity contribution in [3.8, 4) is 0 Å². The van der Waals surface area contributed by atoms with Crippen LogP contribution in [0.25, 0.3) is 0 Å². The fraction of sp³-hybridized carbons (Fsp3) is 0.286. The van der Waals surface area contributed by atoms with Crippen molar-refractivity contribution in [3.63, 3.8) is 0 Å². The first-order chi connectivity index (χ1) is 13.6. The largest absolute Gasteiger partial charge is 0.377 e. The molecule has 1 aliphatic rings. The highest BCUT2D eigenvalue weighted by Gasteiger charge is 2.24. The highest BCUT2D eigenvalue weighted by Crippen LogP contribution is 2.33. The second kappa shape index (κ2) is 8.02. The minimum Gasteiger partial charge on any atom is -0.377 e. The third kappa shape index (κ3) is 4.02. The van der Waals surface area contributed by atoms with Crippen LogP contribution < -0.4 is 15.5 Å². The normalized spacial score (nSPS) is 15.0. The van der Waals surface area contributed by atoms with Crippen molar-refractivity contribution in [1.29, 1.82) is 0 Å². The molecule has 0 radical (unpaired) electrons. The summed E-state index contributed by atoms with van der Waals surface area (Å²) < 4.78 is 0. The smallest absolute Gasteiger partial charge is 0.222 e. The van der Waals surface area contributed by atoms with Crippen molar-refractivity contribution in [3.05, 3.63) is 70.6 Å². The summed E-state index contributed by atoms with van der Waals surface area (Å²) in [5.74, 6) is 1.88. The van der Waals surface area contributed by atoms with Crippen molar-refractivity contribution in [2.24, 2.45) is 0 Å². The van der Waals surface area contributed by atoms with E-state index in [1.165, 1.54) is 11.3 Å². The second-order valence-corrected chi connectivity index (χ2v) is 7.60. The third-order valence-electron chi connectivity index (χ3n) is 4.94. The Balaban J connectivity index is 1.40. The number of fused-ring (bicyclic) bond motifs is 1. The molecule has 2 aromatic heterocycles. The Kier molecular flexibility index (Phi) is 5.30. The van der Waals surface area contributed by atoms with E-state index in [2.05, 4.69) is 42.6 Å². The lowest BCUT2D eigenvalue weighted by Crippen LogP contribution is -2.13. The SMILES string of the molecule is CN(C)c1ccccc1CNc1ncc(CC2CNc3ncc(Cl)cc32)cn1. The van der Waals surface area contributed by atoms with Crippen LogP contribution in [0.5, 0.6) is 0 Å². The van der Waals surface area contributed by atoms with Gasteiger partial charge in [-0.15, -0.1) is 0 Å². The highest BCUT2D eigenvalue weighted by atomic mass is 35.5. The predicted octanol–water partition coefficient (Wildman–Crippen LogP) is 3.95. The molecule has 1 aliphatic heterocycles. The van der Waals surface area contributed by atoms with Crippen LogP contribution in [-0.4, -0.2) is 35.6 Å². The summed E-state index contributed by atoms with van der Waals surface area (Å²) in [6, 6.07) is 10.3. The van der Waals surface area contributed by atoms with Crippen LogP contribution >= 0.6 is 11.6 Å². The van der Waals surface area contributed by atoms with Gasteiger partial charge < -0.3 is 15.5 Å². The molecular formula is C21H23ClN6. The number of hydrogen-bond acceptors (Lipinski definition) is 6. The first-order valence-corrected chi connectivity index (χ1v) is 9.67. The molecule has 7 heteroatoms.